The van der Waals surface area contributed by atoms with Crippen LogP contribution in [-0.2, 0) is 0 Å². The van der Waals surface area contributed by atoms with E-state index in [-0.39, 0.29) is 11.6 Å². The molecule has 5 nitrogen and oxygen atoms in total. The number of carbonyl (C=O) groups is 1. The third-order valence-electron chi connectivity index (χ3n) is 1.60. The minimum atomic E-state index is -0.250. The molecule has 13 heavy (non-hydrogen) atoms. The van der Waals surface area contributed by atoms with Crippen LogP contribution in [0.1, 0.15) is 17.3 Å². The predicted octanol–water partition coefficient (Wildman–Crippen LogP) is -0.00430. The fraction of sp³-hybridized carbons (Fsp3) is 0.250. The molecular weight excluding hydrogens is 168 g/mol. The van der Waals surface area contributed by atoms with E-state index in [0.717, 1.165) is 0 Å². The van der Waals surface area contributed by atoms with Crippen LogP contribution in [0.25, 0.3) is 0 Å². The lowest BCUT2D eigenvalue weighted by Crippen LogP contribution is -2.24. The minimum absolute atomic E-state index is 0.250. The van der Waals surface area contributed by atoms with Crippen LogP contribution < -0.4 is 16.8 Å². The van der Waals surface area contributed by atoms with Gasteiger partial charge in [0.05, 0.1) is 23.1 Å². The Hall–Kier alpha value is -1.78. The van der Waals surface area contributed by atoms with E-state index in [1.54, 1.807) is 0 Å². The van der Waals surface area contributed by atoms with Crippen LogP contribution in [0.5, 0.6) is 0 Å². The number of amides is 1. The molecule has 1 heterocycles. The van der Waals surface area contributed by atoms with E-state index < -0.39 is 0 Å². The third kappa shape index (κ3) is 1.87. The molecule has 5 heteroatoms. The lowest BCUT2D eigenvalue weighted by Gasteiger charge is -2.06. The van der Waals surface area contributed by atoms with Crippen molar-refractivity contribution in [3.8, 4) is 0 Å². The summed E-state index contributed by atoms with van der Waals surface area (Å²) in [5.41, 5.74) is 12.0. The Bertz CT molecular complexity index is 324. The van der Waals surface area contributed by atoms with Crippen molar-refractivity contribution in [1.82, 2.24) is 10.3 Å². The lowest BCUT2D eigenvalue weighted by molar-refractivity contribution is 0.0956. The first-order valence-electron chi connectivity index (χ1n) is 3.94. The van der Waals surface area contributed by atoms with Crippen LogP contribution in [0, 0.1) is 0 Å². The van der Waals surface area contributed by atoms with Crippen LogP contribution in [0.2, 0.25) is 0 Å². The zero-order chi connectivity index (χ0) is 9.84. The Kier molecular flexibility index (Phi) is 2.69. The second kappa shape index (κ2) is 3.75. The van der Waals surface area contributed by atoms with Gasteiger partial charge in [-0.25, -0.2) is 0 Å². The zero-order valence-electron chi connectivity index (χ0n) is 7.37. The normalized spacial score (nSPS) is 9.62. The van der Waals surface area contributed by atoms with E-state index in [4.69, 9.17) is 11.5 Å². The van der Waals surface area contributed by atoms with Crippen molar-refractivity contribution in [2.24, 2.45) is 0 Å². The number of hydrogen-bond donors (Lipinski definition) is 3. The van der Waals surface area contributed by atoms with Gasteiger partial charge in [0.15, 0.2) is 0 Å². The number of nitrogens with two attached hydrogens (primary N) is 2. The van der Waals surface area contributed by atoms with E-state index in [0.29, 0.717) is 17.8 Å². The number of aromatic nitrogens is 1. The Labute approximate surface area is 76.1 Å². The van der Waals surface area contributed by atoms with Gasteiger partial charge >= 0.3 is 0 Å². The lowest BCUT2D eigenvalue weighted by atomic mass is 10.2. The highest BCUT2D eigenvalue weighted by Gasteiger charge is 2.10. The van der Waals surface area contributed by atoms with Gasteiger partial charge in [0.25, 0.3) is 5.91 Å². The topological polar surface area (TPSA) is 94.0 Å². The van der Waals surface area contributed by atoms with Gasteiger partial charge in [-0.1, -0.05) is 0 Å². The molecule has 0 unspecified atom stereocenters. The largest absolute Gasteiger partial charge is 0.396 e. The Balaban J connectivity index is 3.01. The molecule has 0 aliphatic heterocycles. The highest BCUT2D eigenvalue weighted by molar-refractivity contribution is 6.00. The molecule has 0 fully saturated rings. The van der Waals surface area contributed by atoms with Gasteiger partial charge in [0.2, 0.25) is 0 Å². The standard InChI is InChI=1S/C8H12N4O/c1-2-12-8(13)5-3-11-4-6(9)7(5)10/h3-4H,2,9H2,1H3,(H2,10,11)(H,12,13). The van der Waals surface area contributed by atoms with E-state index in [2.05, 4.69) is 10.3 Å². The fourth-order valence-electron chi connectivity index (χ4n) is 0.923. The van der Waals surface area contributed by atoms with Crippen molar-refractivity contribution in [1.29, 1.82) is 0 Å². The minimum Gasteiger partial charge on any atom is -0.396 e. The van der Waals surface area contributed by atoms with E-state index in [1.807, 2.05) is 6.92 Å². The Morgan fingerprint density at radius 3 is 2.85 bits per heavy atom. The number of anilines is 2. The fourth-order valence-corrected chi connectivity index (χ4v) is 0.923. The quantitative estimate of drug-likeness (QED) is 0.597. The maximum atomic E-state index is 11.3. The Morgan fingerprint density at radius 1 is 1.54 bits per heavy atom. The van der Waals surface area contributed by atoms with Gasteiger partial charge in [-0.2, -0.15) is 0 Å². The average molecular weight is 180 g/mol. The van der Waals surface area contributed by atoms with Gasteiger partial charge in [-0.05, 0) is 6.92 Å². The van der Waals surface area contributed by atoms with E-state index in [9.17, 15) is 4.79 Å². The van der Waals surface area contributed by atoms with E-state index >= 15 is 0 Å². The van der Waals surface area contributed by atoms with Crippen LogP contribution in [-0.4, -0.2) is 17.4 Å². The highest BCUT2D eigenvalue weighted by Crippen LogP contribution is 2.16. The van der Waals surface area contributed by atoms with Crippen molar-refractivity contribution in [2.75, 3.05) is 18.0 Å². The monoisotopic (exact) mass is 180 g/mol. The molecule has 0 atom stereocenters. The van der Waals surface area contributed by atoms with Gasteiger partial charge in [-0.3, -0.25) is 9.78 Å². The molecule has 0 bridgehead atoms. The smallest absolute Gasteiger partial charge is 0.255 e. The molecule has 0 saturated heterocycles. The van der Waals surface area contributed by atoms with Crippen LogP contribution in [0.3, 0.4) is 0 Å². The molecule has 1 amide bonds. The number of nitrogens with one attached hydrogen (secondary N) is 1. The second-order valence-electron chi connectivity index (χ2n) is 2.55. The summed E-state index contributed by atoms with van der Waals surface area (Å²) in [6.45, 7) is 2.38. The summed E-state index contributed by atoms with van der Waals surface area (Å²) in [6.07, 6.45) is 2.81. The SMILES string of the molecule is CCNC(=O)c1cncc(N)c1N. The van der Waals surface area contributed by atoms with Gasteiger partial charge < -0.3 is 16.8 Å². The molecule has 5 N–H and O–H groups in total. The summed E-state index contributed by atoms with van der Waals surface area (Å²) in [5, 5.41) is 2.62. The second-order valence-corrected chi connectivity index (χ2v) is 2.55. The first kappa shape index (κ1) is 9.31. The number of hydrogen-bond acceptors (Lipinski definition) is 4. The third-order valence-corrected chi connectivity index (χ3v) is 1.60. The average Bonchev–Trinajstić information content (AvgIpc) is 2.10. The van der Waals surface area contributed by atoms with Crippen molar-refractivity contribution in [3.63, 3.8) is 0 Å². The van der Waals surface area contributed by atoms with E-state index in [1.165, 1.54) is 12.4 Å². The molecule has 0 saturated carbocycles. The number of pyridine rings is 1. The van der Waals surface area contributed by atoms with Gasteiger partial charge in [-0.15, -0.1) is 0 Å². The van der Waals surface area contributed by atoms with Crippen LogP contribution in [0.4, 0.5) is 11.4 Å². The van der Waals surface area contributed by atoms with Crippen LogP contribution in [0.15, 0.2) is 12.4 Å². The molecule has 1 rings (SSSR count). The molecule has 0 aromatic carbocycles. The summed E-state index contributed by atoms with van der Waals surface area (Å²) < 4.78 is 0. The van der Waals surface area contributed by atoms with Gasteiger partial charge in [0.1, 0.15) is 0 Å². The van der Waals surface area contributed by atoms with Crippen molar-refractivity contribution >= 4 is 17.3 Å². The molecule has 1 aromatic rings. The van der Waals surface area contributed by atoms with Crippen molar-refractivity contribution < 1.29 is 4.79 Å². The number of rotatable bonds is 2. The molecular formula is C8H12N4O. The molecule has 0 spiro atoms. The van der Waals surface area contributed by atoms with Crippen LogP contribution >= 0.6 is 0 Å². The summed E-state index contributed by atoms with van der Waals surface area (Å²) in [4.78, 5) is 15.1. The molecule has 0 radical (unpaired) electrons. The molecule has 0 aliphatic carbocycles. The number of nitrogen functional groups attached to an aromatic ring is 2. The molecule has 1 aromatic heterocycles. The first-order chi connectivity index (χ1) is 6.16. The predicted molar refractivity (Wildman–Crippen MR) is 51.1 cm³/mol. The van der Waals surface area contributed by atoms with Gasteiger partial charge in [0, 0.05) is 12.7 Å². The summed E-state index contributed by atoms with van der Waals surface area (Å²) in [5.74, 6) is -0.250. The maximum absolute atomic E-state index is 11.3. The highest BCUT2D eigenvalue weighted by atomic mass is 16.1. The molecule has 70 valence electrons. The first-order valence-corrected chi connectivity index (χ1v) is 3.94. The Morgan fingerprint density at radius 2 is 2.23 bits per heavy atom. The summed E-state index contributed by atoms with van der Waals surface area (Å²) in [7, 11) is 0. The zero-order valence-corrected chi connectivity index (χ0v) is 7.37. The summed E-state index contributed by atoms with van der Waals surface area (Å²) in [6, 6.07) is 0. The van der Waals surface area contributed by atoms with Crippen molar-refractivity contribution in [3.05, 3.63) is 18.0 Å². The van der Waals surface area contributed by atoms with Crippen molar-refractivity contribution in [2.45, 2.75) is 6.92 Å². The maximum Gasteiger partial charge on any atom is 0.255 e. The molecule has 0 aliphatic rings. The number of nitrogens with zero attached hydrogens (tertiary/aromatic N) is 1. The summed E-state index contributed by atoms with van der Waals surface area (Å²) >= 11 is 0. The number of carbonyl (C=O) groups excluding carboxylic acids is 1.